The number of nitrogens with one attached hydrogen (secondary N) is 1. The monoisotopic (exact) mass is 422 g/mol. The standard InChI is InChI=1S/C27H32F2N2/c1-3-6-20(19-11-12-19)15-23(24(29)4-2)26-16-21-7-5-8-25(27(21)31-26)30-17-18-9-13-22(28)14-10-18/h4,6,9-10,13-15,19,25,30H,3,5,7-8,11-12,16-17H2,1-2H3/b20-6-,23-15+,24-4+. The van der Waals surface area contributed by atoms with E-state index in [9.17, 15) is 8.78 Å². The molecule has 1 fully saturated rings. The van der Waals surface area contributed by atoms with Gasteiger partial charge in [-0.1, -0.05) is 31.2 Å². The lowest BCUT2D eigenvalue weighted by atomic mass is 9.90. The third-order valence-corrected chi connectivity index (χ3v) is 6.39. The Morgan fingerprint density at radius 2 is 1.97 bits per heavy atom. The van der Waals surface area contributed by atoms with Crippen LogP contribution in [0.5, 0.6) is 0 Å². The SMILES string of the molecule is C\C=C(F)/C(=C\C(=C\CC)C1CC1)C1=NC2=C(CCCC2NCc2ccc(F)cc2)C1. The van der Waals surface area contributed by atoms with Gasteiger partial charge in [-0.3, -0.25) is 4.99 Å². The summed E-state index contributed by atoms with van der Waals surface area (Å²) in [5.74, 6) is 0.177. The molecule has 164 valence electrons. The second kappa shape index (κ2) is 9.86. The van der Waals surface area contributed by atoms with Crippen molar-refractivity contribution < 1.29 is 8.78 Å². The van der Waals surface area contributed by atoms with Gasteiger partial charge in [0.15, 0.2) is 0 Å². The zero-order chi connectivity index (χ0) is 21.8. The Balaban J connectivity index is 1.55. The molecule has 1 aliphatic heterocycles. The van der Waals surface area contributed by atoms with Crippen molar-refractivity contribution in [1.82, 2.24) is 5.32 Å². The van der Waals surface area contributed by atoms with Gasteiger partial charge in [0.05, 0.1) is 11.4 Å². The van der Waals surface area contributed by atoms with Crippen LogP contribution in [0.1, 0.15) is 64.4 Å². The Labute approximate surface area is 184 Å². The number of benzene rings is 1. The number of aliphatic imine (C=N–C) groups is 1. The molecule has 0 aromatic heterocycles. The Bertz CT molecular complexity index is 959. The van der Waals surface area contributed by atoms with Gasteiger partial charge in [0, 0.05) is 24.6 Å². The molecule has 31 heavy (non-hydrogen) atoms. The van der Waals surface area contributed by atoms with Gasteiger partial charge < -0.3 is 5.32 Å². The highest BCUT2D eigenvalue weighted by Crippen LogP contribution is 2.40. The molecule has 1 aromatic carbocycles. The van der Waals surface area contributed by atoms with Crippen LogP contribution in [-0.4, -0.2) is 11.8 Å². The zero-order valence-electron chi connectivity index (χ0n) is 18.6. The molecule has 0 radical (unpaired) electrons. The van der Waals surface area contributed by atoms with Gasteiger partial charge in [0.1, 0.15) is 11.6 Å². The molecule has 4 rings (SSSR count). The number of rotatable bonds is 8. The Morgan fingerprint density at radius 3 is 2.65 bits per heavy atom. The van der Waals surface area contributed by atoms with Gasteiger partial charge in [0.2, 0.25) is 0 Å². The summed E-state index contributed by atoms with van der Waals surface area (Å²) in [6.07, 6.45) is 13.1. The quantitative estimate of drug-likeness (QED) is 0.443. The number of allylic oxidation sites excluding steroid dienone is 7. The lowest BCUT2D eigenvalue weighted by molar-refractivity contribution is 0.487. The minimum atomic E-state index is -0.218. The maximum absolute atomic E-state index is 14.9. The fourth-order valence-electron chi connectivity index (χ4n) is 4.56. The van der Waals surface area contributed by atoms with E-state index in [1.807, 2.05) is 12.1 Å². The van der Waals surface area contributed by atoms with Crippen molar-refractivity contribution in [3.8, 4) is 0 Å². The first-order chi connectivity index (χ1) is 15.1. The van der Waals surface area contributed by atoms with Gasteiger partial charge in [-0.15, -0.1) is 0 Å². The summed E-state index contributed by atoms with van der Waals surface area (Å²) >= 11 is 0. The molecule has 4 heteroatoms. The van der Waals surface area contributed by atoms with E-state index in [1.54, 1.807) is 13.0 Å². The van der Waals surface area contributed by atoms with Gasteiger partial charge in [-0.25, -0.2) is 8.78 Å². The van der Waals surface area contributed by atoms with Crippen LogP contribution in [0.4, 0.5) is 8.78 Å². The molecule has 1 N–H and O–H groups in total. The fraction of sp³-hybridized carbons (Fsp3) is 0.444. The normalized spacial score (nSPS) is 22.6. The highest BCUT2D eigenvalue weighted by Gasteiger charge is 2.31. The highest BCUT2D eigenvalue weighted by atomic mass is 19.1. The molecule has 1 saturated carbocycles. The van der Waals surface area contributed by atoms with Crippen molar-refractivity contribution in [3.63, 3.8) is 0 Å². The van der Waals surface area contributed by atoms with E-state index in [4.69, 9.17) is 4.99 Å². The van der Waals surface area contributed by atoms with Gasteiger partial charge in [0.25, 0.3) is 0 Å². The second-order valence-corrected chi connectivity index (χ2v) is 8.76. The highest BCUT2D eigenvalue weighted by molar-refractivity contribution is 6.07. The Morgan fingerprint density at radius 1 is 1.19 bits per heavy atom. The van der Waals surface area contributed by atoms with E-state index >= 15 is 0 Å². The smallest absolute Gasteiger partial charge is 0.128 e. The Kier molecular flexibility index (Phi) is 6.96. The average Bonchev–Trinajstić information content (AvgIpc) is 3.54. The van der Waals surface area contributed by atoms with Crippen LogP contribution >= 0.6 is 0 Å². The molecule has 2 nitrogen and oxygen atoms in total. The van der Waals surface area contributed by atoms with E-state index < -0.39 is 0 Å². The summed E-state index contributed by atoms with van der Waals surface area (Å²) in [5.41, 5.74) is 6.24. The fourth-order valence-corrected chi connectivity index (χ4v) is 4.56. The maximum atomic E-state index is 14.9. The third-order valence-electron chi connectivity index (χ3n) is 6.39. The van der Waals surface area contributed by atoms with Crippen molar-refractivity contribution in [2.75, 3.05) is 0 Å². The molecule has 0 bridgehead atoms. The van der Waals surface area contributed by atoms with E-state index in [0.29, 0.717) is 18.0 Å². The molecule has 2 aliphatic carbocycles. The molecule has 0 spiro atoms. The first-order valence-corrected chi connectivity index (χ1v) is 11.6. The first-order valence-electron chi connectivity index (χ1n) is 11.6. The van der Waals surface area contributed by atoms with Crippen molar-refractivity contribution in [1.29, 1.82) is 0 Å². The molecular formula is C27H32F2N2. The molecule has 0 amide bonds. The maximum Gasteiger partial charge on any atom is 0.128 e. The summed E-state index contributed by atoms with van der Waals surface area (Å²) in [4.78, 5) is 4.98. The van der Waals surface area contributed by atoms with Crippen molar-refractivity contribution >= 4 is 5.71 Å². The van der Waals surface area contributed by atoms with Gasteiger partial charge in [-0.05, 0) is 86.3 Å². The summed E-state index contributed by atoms with van der Waals surface area (Å²) in [5, 5.41) is 3.59. The van der Waals surface area contributed by atoms with E-state index in [-0.39, 0.29) is 17.7 Å². The van der Waals surface area contributed by atoms with E-state index in [0.717, 1.165) is 49.1 Å². The van der Waals surface area contributed by atoms with E-state index in [1.165, 1.54) is 36.1 Å². The molecule has 1 unspecified atom stereocenters. The van der Waals surface area contributed by atoms with Crippen LogP contribution in [0.2, 0.25) is 0 Å². The lowest BCUT2D eigenvalue weighted by Crippen LogP contribution is -2.32. The summed E-state index contributed by atoms with van der Waals surface area (Å²) in [6, 6.07) is 6.77. The van der Waals surface area contributed by atoms with Gasteiger partial charge in [-0.2, -0.15) is 0 Å². The minimum absolute atomic E-state index is 0.162. The molecule has 0 saturated heterocycles. The van der Waals surface area contributed by atoms with Crippen molar-refractivity contribution in [2.45, 2.75) is 71.4 Å². The molecule has 3 aliphatic rings. The first kappa shape index (κ1) is 21.9. The molecule has 1 atom stereocenters. The number of hydrogen-bond donors (Lipinski definition) is 1. The summed E-state index contributed by atoms with van der Waals surface area (Å²) in [6.45, 7) is 4.55. The third kappa shape index (κ3) is 5.30. The Hall–Kier alpha value is -2.33. The molecule has 1 aromatic rings. The predicted octanol–water partition coefficient (Wildman–Crippen LogP) is 7.11. The topological polar surface area (TPSA) is 24.4 Å². The van der Waals surface area contributed by atoms with Crippen molar-refractivity contribution in [3.05, 3.63) is 82.1 Å². The van der Waals surface area contributed by atoms with Crippen LogP contribution in [0.3, 0.4) is 0 Å². The van der Waals surface area contributed by atoms with Gasteiger partial charge >= 0.3 is 0 Å². The van der Waals surface area contributed by atoms with Crippen molar-refractivity contribution in [2.24, 2.45) is 10.9 Å². The second-order valence-electron chi connectivity index (χ2n) is 8.76. The van der Waals surface area contributed by atoms with Crippen LogP contribution in [-0.2, 0) is 6.54 Å². The van der Waals surface area contributed by atoms with Crippen LogP contribution in [0, 0.1) is 11.7 Å². The average molecular weight is 423 g/mol. The zero-order valence-corrected chi connectivity index (χ0v) is 18.6. The number of hydrogen-bond acceptors (Lipinski definition) is 2. The largest absolute Gasteiger partial charge is 0.305 e. The van der Waals surface area contributed by atoms with Crippen LogP contribution in [0.15, 0.2) is 75.7 Å². The predicted molar refractivity (Wildman–Crippen MR) is 124 cm³/mol. The number of halogens is 2. The molecule has 1 heterocycles. The lowest BCUT2D eigenvalue weighted by Gasteiger charge is -2.24. The van der Waals surface area contributed by atoms with Crippen LogP contribution in [0.25, 0.3) is 0 Å². The summed E-state index contributed by atoms with van der Waals surface area (Å²) in [7, 11) is 0. The summed E-state index contributed by atoms with van der Waals surface area (Å²) < 4.78 is 28.1. The van der Waals surface area contributed by atoms with E-state index in [2.05, 4.69) is 24.4 Å². The van der Waals surface area contributed by atoms with Crippen LogP contribution < -0.4 is 5.32 Å². The number of nitrogens with zero attached hydrogens (tertiary/aromatic N) is 1. The minimum Gasteiger partial charge on any atom is -0.305 e. The molecular weight excluding hydrogens is 390 g/mol.